The van der Waals surface area contributed by atoms with E-state index < -0.39 is 99.5 Å². The van der Waals surface area contributed by atoms with Crippen molar-refractivity contribution in [3.05, 3.63) is 83.5 Å². The molecule has 4 aliphatic carbocycles. The number of carboxylic acids is 1. The molecular weight excluding hydrogens is 958 g/mol. The fourth-order valence-corrected chi connectivity index (χ4v) is 12.1. The minimum atomic E-state index is -4.72. The van der Waals surface area contributed by atoms with Crippen LogP contribution in [0, 0.1) is 54.1 Å². The lowest BCUT2D eigenvalue weighted by molar-refractivity contribution is -0.255. The van der Waals surface area contributed by atoms with E-state index in [2.05, 4.69) is 0 Å². The van der Waals surface area contributed by atoms with Crippen molar-refractivity contribution in [2.45, 2.75) is 42.4 Å². The number of carboxylic acid groups (broad SMARTS) is 1. The van der Waals surface area contributed by atoms with Crippen molar-refractivity contribution in [1.29, 1.82) is 0 Å². The van der Waals surface area contributed by atoms with Crippen molar-refractivity contribution < 1.29 is 69.0 Å². The summed E-state index contributed by atoms with van der Waals surface area (Å²) in [4.78, 5) is 38.5. The fraction of sp³-hybridized carbons (Fsp3) is 0.400. The number of hydrogen-bond acceptors (Lipinski definition) is 11. The van der Waals surface area contributed by atoms with Crippen LogP contribution in [-0.2, 0) is 29.2 Å². The van der Waals surface area contributed by atoms with Crippen LogP contribution in [0.3, 0.4) is 0 Å². The summed E-state index contributed by atoms with van der Waals surface area (Å²) in [5, 5.41) is 10.9. The Balaban J connectivity index is 1.19. The van der Waals surface area contributed by atoms with Crippen LogP contribution in [0.15, 0.2) is 41.3 Å². The molecule has 0 amide bonds. The molecule has 0 spiro atoms. The van der Waals surface area contributed by atoms with Crippen LogP contribution in [0.5, 0.6) is 11.5 Å². The number of carbonyl (C=O) groups is 3. The summed E-state index contributed by atoms with van der Waals surface area (Å²) in [5.74, 6) is -16.7. The molecule has 284 valence electrons. The number of benzene rings is 3. The van der Waals surface area contributed by atoms with E-state index in [-0.39, 0.29) is 42.8 Å². The first kappa shape index (κ1) is 39.5. The Hall–Kier alpha value is -3.24. The molecule has 0 aliphatic heterocycles. The molecule has 2 saturated carbocycles. The average Bonchev–Trinajstić information content (AvgIpc) is 3.10. The Bertz CT molecular complexity index is 2030. The van der Waals surface area contributed by atoms with Gasteiger partial charge in [-0.3, -0.25) is 9.59 Å². The van der Waals surface area contributed by atoms with Gasteiger partial charge in [-0.2, -0.15) is 8.78 Å². The standard InChI is InChI=1S/C35H30F4I2O11S/c36-27-26(33(42)43)28(37)30(39)31(29(27)38)50-10-12-52-35(45)25-23-18-7-3-1-5-16(18)22(17-6-2-4-8-19(17)23)24(25)34(44)51-11-9-49-15-13-20(40)32(21(41)14-15)53(46,47)48/h1,3,5,7,13-14,17,19,22-25H,2,4,6,8-12H2,(H,42,43)(H,46,47,48)/p-2. The van der Waals surface area contributed by atoms with Gasteiger partial charge in [-0.15, -0.1) is 0 Å². The van der Waals surface area contributed by atoms with Crippen molar-refractivity contribution >= 4 is 73.2 Å². The number of ether oxygens (including phenoxy) is 4. The van der Waals surface area contributed by atoms with Gasteiger partial charge in [-0.25, -0.2) is 17.2 Å². The topological polar surface area (TPSA) is 168 Å². The van der Waals surface area contributed by atoms with Crippen LogP contribution >= 0.6 is 45.2 Å². The maximum absolute atomic E-state index is 14.4. The predicted octanol–water partition coefficient (Wildman–Crippen LogP) is 5.20. The van der Waals surface area contributed by atoms with Gasteiger partial charge in [0.2, 0.25) is 11.6 Å². The molecule has 0 radical (unpaired) electrons. The van der Waals surface area contributed by atoms with E-state index in [1.165, 1.54) is 12.1 Å². The van der Waals surface area contributed by atoms with E-state index in [1.54, 1.807) is 45.2 Å². The van der Waals surface area contributed by atoms with Crippen LogP contribution in [0.1, 0.15) is 59.0 Å². The summed E-state index contributed by atoms with van der Waals surface area (Å²) in [6, 6.07) is 10.3. The van der Waals surface area contributed by atoms with Gasteiger partial charge in [-0.1, -0.05) is 37.1 Å². The summed E-state index contributed by atoms with van der Waals surface area (Å²) in [5.41, 5.74) is -0.102. The molecular formula is C35H28F4I2O11S-2. The lowest BCUT2D eigenvalue weighted by atomic mass is 9.46. The molecule has 7 rings (SSSR count). The van der Waals surface area contributed by atoms with Gasteiger partial charge in [0, 0.05) is 19.0 Å². The van der Waals surface area contributed by atoms with Gasteiger partial charge >= 0.3 is 11.9 Å². The molecule has 11 nitrogen and oxygen atoms in total. The van der Waals surface area contributed by atoms with Crippen molar-refractivity contribution in [1.82, 2.24) is 0 Å². The highest BCUT2D eigenvalue weighted by molar-refractivity contribution is 14.1. The molecule has 53 heavy (non-hydrogen) atoms. The Morgan fingerprint density at radius 3 is 1.62 bits per heavy atom. The molecule has 2 fully saturated rings. The van der Waals surface area contributed by atoms with Gasteiger partial charge in [0.1, 0.15) is 42.3 Å². The summed E-state index contributed by atoms with van der Waals surface area (Å²) in [7, 11) is -4.72. The first-order valence-electron chi connectivity index (χ1n) is 16.3. The van der Waals surface area contributed by atoms with E-state index in [0.29, 0.717) is 0 Å². The summed E-state index contributed by atoms with van der Waals surface area (Å²) < 4.78 is 114. The van der Waals surface area contributed by atoms with Crippen molar-refractivity contribution in [2.75, 3.05) is 26.4 Å². The lowest BCUT2D eigenvalue weighted by Crippen LogP contribution is -2.55. The van der Waals surface area contributed by atoms with Crippen molar-refractivity contribution in [2.24, 2.45) is 23.7 Å². The highest BCUT2D eigenvalue weighted by atomic mass is 127. The van der Waals surface area contributed by atoms with Gasteiger partial charge in [0.05, 0.1) is 28.3 Å². The Morgan fingerprint density at radius 2 is 1.19 bits per heavy atom. The molecule has 0 saturated heterocycles. The third kappa shape index (κ3) is 7.56. The molecule has 3 aromatic rings. The van der Waals surface area contributed by atoms with Crippen LogP contribution in [0.25, 0.3) is 0 Å². The second-order valence-corrected chi connectivity index (χ2v) is 16.4. The quantitative estimate of drug-likeness (QED) is 0.0585. The fourth-order valence-electron chi connectivity index (χ4n) is 8.17. The van der Waals surface area contributed by atoms with Gasteiger partial charge < -0.3 is 33.4 Å². The SMILES string of the molecule is O=C([O-])c1c(F)c(F)c(OCCOC(=O)C2C(C(=O)OCCOc3cc(I)c(S(=O)(=O)[O-])c(I)c3)C3c4ccccc4C2C2CCCCC23)c(F)c1F. The van der Waals surface area contributed by atoms with Gasteiger partial charge in [0.15, 0.2) is 17.4 Å². The molecule has 18 heteroatoms. The molecule has 6 atom stereocenters. The van der Waals surface area contributed by atoms with Crippen LogP contribution < -0.4 is 14.6 Å². The molecule has 0 N–H and O–H groups in total. The van der Waals surface area contributed by atoms with Crippen LogP contribution in [0.4, 0.5) is 17.6 Å². The van der Waals surface area contributed by atoms with Gasteiger partial charge in [0.25, 0.3) is 0 Å². The lowest BCUT2D eigenvalue weighted by Gasteiger charge is -2.57. The first-order chi connectivity index (χ1) is 25.1. The third-order valence-corrected chi connectivity index (χ3v) is 13.4. The highest BCUT2D eigenvalue weighted by Gasteiger charge is 2.61. The van der Waals surface area contributed by atoms with Crippen molar-refractivity contribution in [3.8, 4) is 11.5 Å². The van der Waals surface area contributed by atoms with E-state index >= 15 is 0 Å². The van der Waals surface area contributed by atoms with Gasteiger partial charge in [-0.05, 0) is 93.1 Å². The molecule has 3 aromatic carbocycles. The van der Waals surface area contributed by atoms with E-state index in [4.69, 9.17) is 18.9 Å². The first-order valence-corrected chi connectivity index (χ1v) is 19.9. The zero-order valence-electron chi connectivity index (χ0n) is 27.3. The predicted molar refractivity (Wildman–Crippen MR) is 188 cm³/mol. The van der Waals surface area contributed by atoms with Crippen LogP contribution in [-0.4, -0.2) is 57.3 Å². The highest BCUT2D eigenvalue weighted by Crippen LogP contribution is 2.64. The number of rotatable bonds is 12. The van der Waals surface area contributed by atoms with Crippen LogP contribution in [0.2, 0.25) is 0 Å². The summed E-state index contributed by atoms with van der Waals surface area (Å²) in [6.07, 6.45) is 3.51. The van der Waals surface area contributed by atoms with E-state index in [1.807, 2.05) is 24.3 Å². The van der Waals surface area contributed by atoms with E-state index in [0.717, 1.165) is 36.8 Å². The number of esters is 2. The largest absolute Gasteiger partial charge is 0.744 e. The second kappa shape index (κ2) is 15.9. The Kier molecular flexibility index (Phi) is 11.8. The van der Waals surface area contributed by atoms with Crippen molar-refractivity contribution in [3.63, 3.8) is 0 Å². The number of carbonyl (C=O) groups excluding carboxylic acids is 3. The maximum Gasteiger partial charge on any atom is 0.310 e. The molecule has 2 bridgehead atoms. The zero-order chi connectivity index (χ0) is 38.4. The number of fused-ring (bicyclic) bond motifs is 1. The van der Waals surface area contributed by atoms with E-state index in [9.17, 15) is 50.0 Å². The minimum absolute atomic E-state index is 0.0482. The zero-order valence-corrected chi connectivity index (χ0v) is 32.4. The second-order valence-electron chi connectivity index (χ2n) is 12.8. The molecule has 0 aromatic heterocycles. The summed E-state index contributed by atoms with van der Waals surface area (Å²) in [6.45, 7) is -1.81. The summed E-state index contributed by atoms with van der Waals surface area (Å²) >= 11 is 3.42. The maximum atomic E-state index is 14.4. The Morgan fingerprint density at radius 1 is 0.736 bits per heavy atom. The molecule has 0 heterocycles. The number of halogens is 6. The molecule has 4 aliphatic rings. The molecule has 6 unspecified atom stereocenters. The monoisotopic (exact) mass is 986 g/mol. The Labute approximate surface area is 327 Å². The number of aromatic carboxylic acids is 1. The minimum Gasteiger partial charge on any atom is -0.744 e. The third-order valence-electron chi connectivity index (χ3n) is 10.0. The smallest absolute Gasteiger partial charge is 0.310 e. The average molecular weight is 986 g/mol. The number of hydrogen-bond donors (Lipinski definition) is 0. The normalized spacial score (nSPS) is 23.1.